The molecular weight excluding hydrogens is 282 g/mol. The van der Waals surface area contributed by atoms with Crippen LogP contribution < -0.4 is 4.90 Å². The Bertz CT molecular complexity index is 644. The summed E-state index contributed by atoms with van der Waals surface area (Å²) in [6.07, 6.45) is 6.79. The predicted octanol–water partition coefficient (Wildman–Crippen LogP) is 1.78. The minimum Gasteiger partial charge on any atom is -0.476 e. The highest BCUT2D eigenvalue weighted by molar-refractivity contribution is 5.84. The van der Waals surface area contributed by atoms with Crippen LogP contribution in [0.2, 0.25) is 0 Å². The Balaban J connectivity index is 1.65. The van der Waals surface area contributed by atoms with Gasteiger partial charge >= 0.3 is 5.97 Å². The number of hydrogen-bond acceptors (Lipinski definition) is 5. The Morgan fingerprint density at radius 2 is 2.09 bits per heavy atom. The summed E-state index contributed by atoms with van der Waals surface area (Å²) >= 11 is 0. The van der Waals surface area contributed by atoms with Gasteiger partial charge in [-0.2, -0.15) is 5.10 Å². The van der Waals surface area contributed by atoms with E-state index in [9.17, 15) is 4.79 Å². The van der Waals surface area contributed by atoms with E-state index in [0.717, 1.165) is 38.3 Å². The molecule has 0 atom stereocenters. The number of nitrogens with zero attached hydrogens (tertiary/aromatic N) is 5. The standard InChI is InChI=1S/C15H19N5O2/c1-2-20-13(3-6-18-20)11-4-7-19(8-5-11)14-10-16-12(9-17-14)15(21)22/h3,6,9-11H,2,4-5,7-8H2,1H3,(H,21,22). The molecule has 7 nitrogen and oxygen atoms in total. The number of carbonyl (C=O) groups is 1. The molecule has 0 spiro atoms. The van der Waals surface area contributed by atoms with Gasteiger partial charge in [-0.1, -0.05) is 0 Å². The molecular formula is C15H19N5O2. The van der Waals surface area contributed by atoms with Crippen molar-refractivity contribution in [3.8, 4) is 0 Å². The van der Waals surface area contributed by atoms with Gasteiger partial charge in [0.2, 0.25) is 0 Å². The first-order chi connectivity index (χ1) is 10.7. The maximum absolute atomic E-state index is 10.8. The van der Waals surface area contributed by atoms with Crippen molar-refractivity contribution < 1.29 is 9.90 Å². The van der Waals surface area contributed by atoms with Crippen LogP contribution >= 0.6 is 0 Å². The van der Waals surface area contributed by atoms with E-state index in [1.54, 1.807) is 6.20 Å². The molecule has 116 valence electrons. The van der Waals surface area contributed by atoms with Gasteiger partial charge < -0.3 is 10.0 Å². The fourth-order valence-electron chi connectivity index (χ4n) is 2.95. The highest BCUT2D eigenvalue weighted by Gasteiger charge is 2.24. The zero-order chi connectivity index (χ0) is 15.5. The van der Waals surface area contributed by atoms with Crippen LogP contribution in [0, 0.1) is 0 Å². The lowest BCUT2D eigenvalue weighted by Crippen LogP contribution is -2.34. The normalized spacial score (nSPS) is 16.0. The molecule has 1 aliphatic rings. The number of aromatic carboxylic acids is 1. The highest BCUT2D eigenvalue weighted by atomic mass is 16.4. The number of aromatic nitrogens is 4. The van der Waals surface area contributed by atoms with Crippen molar-refractivity contribution in [1.82, 2.24) is 19.7 Å². The van der Waals surface area contributed by atoms with Gasteiger partial charge in [0, 0.05) is 37.4 Å². The summed E-state index contributed by atoms with van der Waals surface area (Å²) in [5.41, 5.74) is 1.28. The molecule has 0 amide bonds. The largest absolute Gasteiger partial charge is 0.476 e. The first-order valence-corrected chi connectivity index (χ1v) is 7.51. The number of hydrogen-bond donors (Lipinski definition) is 1. The molecule has 22 heavy (non-hydrogen) atoms. The third-order valence-electron chi connectivity index (χ3n) is 4.14. The first-order valence-electron chi connectivity index (χ1n) is 7.51. The minimum atomic E-state index is -1.05. The molecule has 0 aromatic carbocycles. The molecule has 1 fully saturated rings. The molecule has 0 saturated carbocycles. The fraction of sp³-hybridized carbons (Fsp3) is 0.467. The van der Waals surface area contributed by atoms with Gasteiger partial charge in [0.15, 0.2) is 5.69 Å². The lowest BCUT2D eigenvalue weighted by molar-refractivity contribution is 0.0690. The van der Waals surface area contributed by atoms with Crippen LogP contribution in [0.5, 0.6) is 0 Å². The predicted molar refractivity (Wildman–Crippen MR) is 81.1 cm³/mol. The molecule has 0 bridgehead atoms. The van der Waals surface area contributed by atoms with Crippen LogP contribution in [0.25, 0.3) is 0 Å². The van der Waals surface area contributed by atoms with Crippen molar-refractivity contribution in [2.45, 2.75) is 32.2 Å². The molecule has 2 aromatic heterocycles. The van der Waals surface area contributed by atoms with Gasteiger partial charge in [-0.15, -0.1) is 0 Å². The van der Waals surface area contributed by atoms with Gasteiger partial charge in [-0.3, -0.25) is 4.68 Å². The molecule has 7 heteroatoms. The smallest absolute Gasteiger partial charge is 0.356 e. The fourth-order valence-corrected chi connectivity index (χ4v) is 2.95. The average molecular weight is 301 g/mol. The highest BCUT2D eigenvalue weighted by Crippen LogP contribution is 2.29. The summed E-state index contributed by atoms with van der Waals surface area (Å²) in [6, 6.07) is 2.10. The molecule has 0 radical (unpaired) electrons. The third-order valence-corrected chi connectivity index (χ3v) is 4.14. The third kappa shape index (κ3) is 2.79. The zero-order valence-electron chi connectivity index (χ0n) is 12.5. The Hall–Kier alpha value is -2.44. The molecule has 0 aliphatic carbocycles. The first kappa shape index (κ1) is 14.5. The van der Waals surface area contributed by atoms with Crippen LogP contribution in [-0.4, -0.2) is 43.9 Å². The van der Waals surface area contributed by atoms with Crippen LogP contribution in [0.3, 0.4) is 0 Å². The molecule has 1 aliphatic heterocycles. The second-order valence-corrected chi connectivity index (χ2v) is 5.40. The van der Waals surface area contributed by atoms with Gasteiger partial charge in [-0.25, -0.2) is 14.8 Å². The van der Waals surface area contributed by atoms with Crippen LogP contribution in [0.15, 0.2) is 24.7 Å². The quantitative estimate of drug-likeness (QED) is 0.926. The molecule has 1 saturated heterocycles. The second kappa shape index (κ2) is 6.13. The van der Waals surface area contributed by atoms with E-state index in [2.05, 4.69) is 37.6 Å². The number of piperidine rings is 1. The van der Waals surface area contributed by atoms with E-state index in [0.29, 0.717) is 5.92 Å². The van der Waals surface area contributed by atoms with Crippen LogP contribution in [0.1, 0.15) is 41.9 Å². The summed E-state index contributed by atoms with van der Waals surface area (Å²) in [7, 11) is 0. The van der Waals surface area contributed by atoms with Gasteiger partial charge in [0.25, 0.3) is 0 Å². The summed E-state index contributed by atoms with van der Waals surface area (Å²) < 4.78 is 2.06. The maximum Gasteiger partial charge on any atom is 0.356 e. The van der Waals surface area contributed by atoms with E-state index in [-0.39, 0.29) is 5.69 Å². The number of rotatable bonds is 4. The summed E-state index contributed by atoms with van der Waals surface area (Å²) in [4.78, 5) is 21.1. The summed E-state index contributed by atoms with van der Waals surface area (Å²) in [5, 5.41) is 13.2. The molecule has 0 unspecified atom stereocenters. The monoisotopic (exact) mass is 301 g/mol. The average Bonchev–Trinajstić information content (AvgIpc) is 3.04. The van der Waals surface area contributed by atoms with Crippen molar-refractivity contribution in [2.75, 3.05) is 18.0 Å². The van der Waals surface area contributed by atoms with Crippen molar-refractivity contribution in [1.29, 1.82) is 0 Å². The number of carboxylic acid groups (broad SMARTS) is 1. The lowest BCUT2D eigenvalue weighted by Gasteiger charge is -2.32. The molecule has 1 N–H and O–H groups in total. The van der Waals surface area contributed by atoms with Crippen LogP contribution in [-0.2, 0) is 6.54 Å². The van der Waals surface area contributed by atoms with Gasteiger partial charge in [-0.05, 0) is 25.8 Å². The Kier molecular flexibility index (Phi) is 4.04. The Morgan fingerprint density at radius 3 is 2.68 bits per heavy atom. The van der Waals surface area contributed by atoms with Crippen molar-refractivity contribution in [3.63, 3.8) is 0 Å². The van der Waals surface area contributed by atoms with Crippen molar-refractivity contribution in [2.24, 2.45) is 0 Å². The van der Waals surface area contributed by atoms with Gasteiger partial charge in [0.1, 0.15) is 5.82 Å². The van der Waals surface area contributed by atoms with E-state index in [4.69, 9.17) is 5.11 Å². The van der Waals surface area contributed by atoms with Crippen LogP contribution in [0.4, 0.5) is 5.82 Å². The molecule has 3 heterocycles. The number of carboxylic acids is 1. The van der Waals surface area contributed by atoms with E-state index in [1.165, 1.54) is 11.9 Å². The SMILES string of the molecule is CCn1nccc1C1CCN(c2cnc(C(=O)O)cn2)CC1. The summed E-state index contributed by atoms with van der Waals surface area (Å²) in [6.45, 7) is 4.78. The molecule has 3 rings (SSSR count). The van der Waals surface area contributed by atoms with Gasteiger partial charge in [0.05, 0.1) is 12.4 Å². The number of anilines is 1. The Morgan fingerprint density at radius 1 is 1.32 bits per heavy atom. The van der Waals surface area contributed by atoms with E-state index in [1.807, 2.05) is 6.20 Å². The maximum atomic E-state index is 10.8. The summed E-state index contributed by atoms with van der Waals surface area (Å²) in [5.74, 6) is 0.211. The number of aryl methyl sites for hydroxylation is 1. The van der Waals surface area contributed by atoms with Crippen molar-refractivity contribution in [3.05, 3.63) is 36.0 Å². The van der Waals surface area contributed by atoms with Crippen molar-refractivity contribution >= 4 is 11.8 Å². The lowest BCUT2D eigenvalue weighted by atomic mass is 9.93. The van der Waals surface area contributed by atoms with E-state index >= 15 is 0 Å². The zero-order valence-corrected chi connectivity index (χ0v) is 12.5. The second-order valence-electron chi connectivity index (χ2n) is 5.40. The Labute approximate surface area is 128 Å². The topological polar surface area (TPSA) is 84.1 Å². The molecule has 2 aromatic rings. The minimum absolute atomic E-state index is 0.0227. The van der Waals surface area contributed by atoms with E-state index < -0.39 is 5.97 Å².